The average Bonchev–Trinajstić information content (AvgIpc) is 3.03. The molecule has 0 N–H and O–H groups in total. The lowest BCUT2D eigenvalue weighted by Gasteiger charge is -2.38. The van der Waals surface area contributed by atoms with Gasteiger partial charge in [-0.3, -0.25) is 0 Å². The molecule has 0 saturated carbocycles. The van der Waals surface area contributed by atoms with Gasteiger partial charge in [0.1, 0.15) is 11.3 Å². The van der Waals surface area contributed by atoms with E-state index in [2.05, 4.69) is 9.88 Å². The Bertz CT molecular complexity index is 925. The summed E-state index contributed by atoms with van der Waals surface area (Å²) >= 11 is 0. The van der Waals surface area contributed by atoms with Gasteiger partial charge >= 0.3 is 6.18 Å². The highest BCUT2D eigenvalue weighted by Crippen LogP contribution is 2.38. The van der Waals surface area contributed by atoms with Crippen molar-refractivity contribution in [2.24, 2.45) is 0 Å². The van der Waals surface area contributed by atoms with Crippen LogP contribution < -0.4 is 4.90 Å². The van der Waals surface area contributed by atoms with Crippen molar-refractivity contribution in [3.05, 3.63) is 66.1 Å². The highest BCUT2D eigenvalue weighted by molar-refractivity contribution is 5.57. The normalized spacial score (nSPS) is 17.4. The third-order valence-electron chi connectivity index (χ3n) is 5.17. The molecule has 7 heteroatoms. The van der Waals surface area contributed by atoms with Crippen molar-refractivity contribution in [2.45, 2.75) is 31.1 Å². The minimum absolute atomic E-state index is 0.106. The third kappa shape index (κ3) is 3.63. The summed E-state index contributed by atoms with van der Waals surface area (Å²) in [5.41, 5.74) is 0.781. The number of anilines is 1. The van der Waals surface area contributed by atoms with E-state index >= 15 is 4.39 Å². The number of alkyl halides is 4. The average molecular weight is 377 g/mol. The van der Waals surface area contributed by atoms with Crippen molar-refractivity contribution in [1.29, 1.82) is 0 Å². The Morgan fingerprint density at radius 1 is 1.04 bits per heavy atom. The van der Waals surface area contributed by atoms with Gasteiger partial charge in [-0.25, -0.2) is 9.37 Å². The Morgan fingerprint density at radius 3 is 2.41 bits per heavy atom. The molecular weight excluding hydrogens is 358 g/mol. The van der Waals surface area contributed by atoms with Crippen molar-refractivity contribution in [1.82, 2.24) is 9.38 Å². The number of aromatic nitrogens is 2. The zero-order valence-electron chi connectivity index (χ0n) is 14.6. The molecule has 0 radical (unpaired) electrons. The van der Waals surface area contributed by atoms with E-state index in [9.17, 15) is 13.2 Å². The number of hydrogen-bond donors (Lipinski definition) is 0. The summed E-state index contributed by atoms with van der Waals surface area (Å²) in [5, 5.41) is 0. The van der Waals surface area contributed by atoms with E-state index < -0.39 is 18.3 Å². The van der Waals surface area contributed by atoms with Crippen molar-refractivity contribution >= 4 is 11.3 Å². The van der Waals surface area contributed by atoms with Crippen molar-refractivity contribution in [2.75, 3.05) is 18.0 Å². The smallest absolute Gasteiger partial charge is 0.371 e. The molecule has 2 aromatic heterocycles. The molecule has 3 heterocycles. The highest BCUT2D eigenvalue weighted by Gasteiger charge is 2.36. The summed E-state index contributed by atoms with van der Waals surface area (Å²) < 4.78 is 54.6. The molecule has 0 atom stereocenters. The summed E-state index contributed by atoms with van der Waals surface area (Å²) in [4.78, 5) is 6.15. The zero-order valence-corrected chi connectivity index (χ0v) is 14.6. The summed E-state index contributed by atoms with van der Waals surface area (Å²) in [6.45, 7) is 1.08. The van der Waals surface area contributed by atoms with Crippen LogP contribution in [0.4, 0.5) is 23.2 Å². The predicted molar refractivity (Wildman–Crippen MR) is 95.6 cm³/mol. The molecule has 0 aliphatic carbocycles. The first-order valence-electron chi connectivity index (χ1n) is 8.86. The van der Waals surface area contributed by atoms with Crippen LogP contribution in [0.15, 0.2) is 54.9 Å². The number of nitrogens with zero attached hydrogens (tertiary/aromatic N) is 3. The van der Waals surface area contributed by atoms with E-state index in [1.807, 2.05) is 30.3 Å². The van der Waals surface area contributed by atoms with E-state index in [0.29, 0.717) is 37.1 Å². The molecule has 0 unspecified atom stereocenters. The van der Waals surface area contributed by atoms with Crippen LogP contribution >= 0.6 is 0 Å². The Hall–Kier alpha value is -2.57. The summed E-state index contributed by atoms with van der Waals surface area (Å²) in [5.74, 6) is 0. The number of imidazole rings is 1. The Balaban J connectivity index is 1.51. The number of benzene rings is 1. The third-order valence-corrected chi connectivity index (χ3v) is 5.17. The van der Waals surface area contributed by atoms with Gasteiger partial charge in [0, 0.05) is 50.1 Å². The van der Waals surface area contributed by atoms with E-state index in [1.54, 1.807) is 18.3 Å². The van der Waals surface area contributed by atoms with E-state index in [1.165, 1.54) is 10.6 Å². The first-order chi connectivity index (χ1) is 12.8. The molecule has 3 nitrogen and oxygen atoms in total. The minimum atomic E-state index is -4.27. The summed E-state index contributed by atoms with van der Waals surface area (Å²) in [6.07, 6.45) is -1.69. The Kier molecular flexibility index (Phi) is 4.32. The molecule has 1 aromatic carbocycles. The van der Waals surface area contributed by atoms with E-state index in [4.69, 9.17) is 0 Å². The molecule has 1 saturated heterocycles. The van der Waals surface area contributed by atoms with Gasteiger partial charge in [-0.15, -0.1) is 0 Å². The van der Waals surface area contributed by atoms with Crippen LogP contribution in [0.3, 0.4) is 0 Å². The number of pyridine rings is 1. The van der Waals surface area contributed by atoms with Crippen LogP contribution in [-0.2, 0) is 12.1 Å². The van der Waals surface area contributed by atoms with Crippen LogP contribution in [0.5, 0.6) is 0 Å². The number of halogens is 4. The molecule has 4 rings (SSSR count). The fourth-order valence-corrected chi connectivity index (χ4v) is 3.70. The largest absolute Gasteiger partial charge is 0.394 e. The van der Waals surface area contributed by atoms with Gasteiger partial charge in [0.2, 0.25) is 0 Å². The first-order valence-corrected chi connectivity index (χ1v) is 8.86. The number of rotatable bonds is 3. The molecule has 1 fully saturated rings. The number of hydrogen-bond acceptors (Lipinski definition) is 2. The second kappa shape index (κ2) is 6.55. The SMILES string of the molecule is FC(F)(F)Cc1cnc2cc(N3CCC(F)(c4ccccc4)CC3)ccn12. The lowest BCUT2D eigenvalue weighted by molar-refractivity contribution is -0.127. The van der Waals surface area contributed by atoms with Crippen molar-refractivity contribution < 1.29 is 17.6 Å². The quantitative estimate of drug-likeness (QED) is 0.605. The number of piperidine rings is 1. The molecule has 0 spiro atoms. The minimum Gasteiger partial charge on any atom is -0.371 e. The molecule has 1 aliphatic rings. The van der Waals surface area contributed by atoms with Gasteiger partial charge < -0.3 is 9.30 Å². The summed E-state index contributed by atoms with van der Waals surface area (Å²) in [7, 11) is 0. The van der Waals surface area contributed by atoms with Crippen LogP contribution in [0.25, 0.3) is 5.65 Å². The fourth-order valence-electron chi connectivity index (χ4n) is 3.70. The van der Waals surface area contributed by atoms with Gasteiger partial charge in [-0.05, 0) is 11.6 Å². The second-order valence-corrected chi connectivity index (χ2v) is 6.97. The Labute approximate surface area is 154 Å². The van der Waals surface area contributed by atoms with Crippen LogP contribution in [0.1, 0.15) is 24.1 Å². The maximum atomic E-state index is 15.3. The molecule has 3 aromatic rings. The van der Waals surface area contributed by atoms with Crippen molar-refractivity contribution in [3.8, 4) is 0 Å². The molecular formula is C20H19F4N3. The highest BCUT2D eigenvalue weighted by atomic mass is 19.4. The van der Waals surface area contributed by atoms with Crippen molar-refractivity contribution in [3.63, 3.8) is 0 Å². The molecule has 142 valence electrons. The first kappa shape index (κ1) is 17.8. The molecule has 27 heavy (non-hydrogen) atoms. The lowest BCUT2D eigenvalue weighted by Crippen LogP contribution is -2.40. The van der Waals surface area contributed by atoms with Gasteiger partial charge in [0.25, 0.3) is 0 Å². The second-order valence-electron chi connectivity index (χ2n) is 6.97. The topological polar surface area (TPSA) is 20.5 Å². The fraction of sp³-hybridized carbons (Fsp3) is 0.350. The number of fused-ring (bicyclic) bond motifs is 1. The molecule has 0 amide bonds. The predicted octanol–water partition coefficient (Wildman–Crippen LogP) is 4.90. The van der Waals surface area contributed by atoms with Gasteiger partial charge in [-0.1, -0.05) is 30.3 Å². The van der Waals surface area contributed by atoms with Crippen LogP contribution in [0, 0.1) is 0 Å². The lowest BCUT2D eigenvalue weighted by atomic mass is 9.86. The van der Waals surface area contributed by atoms with Gasteiger partial charge in [-0.2, -0.15) is 13.2 Å². The summed E-state index contributed by atoms with van der Waals surface area (Å²) in [6, 6.07) is 12.7. The molecule has 1 aliphatic heterocycles. The maximum absolute atomic E-state index is 15.3. The van der Waals surface area contributed by atoms with Gasteiger partial charge in [0.05, 0.1) is 12.1 Å². The maximum Gasteiger partial charge on any atom is 0.394 e. The van der Waals surface area contributed by atoms with E-state index in [-0.39, 0.29) is 5.69 Å². The van der Waals surface area contributed by atoms with Crippen LogP contribution in [-0.4, -0.2) is 28.7 Å². The van der Waals surface area contributed by atoms with Crippen LogP contribution in [0.2, 0.25) is 0 Å². The van der Waals surface area contributed by atoms with E-state index in [0.717, 1.165) is 5.69 Å². The molecule has 0 bridgehead atoms. The Morgan fingerprint density at radius 2 is 1.74 bits per heavy atom. The standard InChI is InChI=1S/C20H19F4N3/c21-19(15-4-2-1-3-5-15)7-10-26(11-8-19)16-6-9-27-17(13-20(22,23)24)14-25-18(27)12-16/h1-6,9,12,14H,7-8,10-11,13H2. The zero-order chi connectivity index (χ0) is 19.1. The van der Waals surface area contributed by atoms with Gasteiger partial charge in [0.15, 0.2) is 0 Å². The monoisotopic (exact) mass is 377 g/mol.